The summed E-state index contributed by atoms with van der Waals surface area (Å²) >= 11 is 0. The number of benzene rings is 1. The fourth-order valence-corrected chi connectivity index (χ4v) is 10.5. The quantitative estimate of drug-likeness (QED) is 0.319. The van der Waals surface area contributed by atoms with Crippen LogP contribution in [-0.4, -0.2) is 114 Å². The van der Waals surface area contributed by atoms with Crippen LogP contribution in [0.5, 0.6) is 11.5 Å². The van der Waals surface area contributed by atoms with Gasteiger partial charge in [-0.1, -0.05) is 38.8 Å². The average molecular weight is 822 g/mol. The number of rotatable bonds is 8. The third kappa shape index (κ3) is 7.28. The highest BCUT2D eigenvalue weighted by atomic mass is 32.2. The number of sulfonamides is 1. The van der Waals surface area contributed by atoms with Crippen molar-refractivity contribution in [1.82, 2.24) is 24.8 Å². The minimum Gasteiger partial charge on any atom is -0.497 e. The predicted molar refractivity (Wildman–Crippen MR) is 213 cm³/mol. The van der Waals surface area contributed by atoms with Gasteiger partial charge in [0, 0.05) is 35.8 Å². The Labute approximate surface area is 339 Å². The molecular formula is C42H55N5O10S. The SMILES string of the molecule is COc1ccc2nc(C(C)C)c3c(c2c1)CC[C@]1(C[C@H]2C(=O)N[C@]4(C(=O)NS(=O)(=O)C5(C)CC5)C[C@H]4/C=C\CCCCC[C@H](N(CC4COC4)C(=O)O)C(=O)N2C1)O3. The van der Waals surface area contributed by atoms with Crippen molar-refractivity contribution in [2.45, 2.75) is 125 Å². The molecule has 0 unspecified atom stereocenters. The summed E-state index contributed by atoms with van der Waals surface area (Å²) in [7, 11) is -2.41. The van der Waals surface area contributed by atoms with Crippen LogP contribution in [0.25, 0.3) is 10.9 Å². The lowest BCUT2D eigenvalue weighted by molar-refractivity contribution is -0.144. The van der Waals surface area contributed by atoms with Gasteiger partial charge in [-0.2, -0.15) is 0 Å². The number of aryl methyl sites for hydroxylation is 1. The number of carbonyl (C=O) groups is 4. The summed E-state index contributed by atoms with van der Waals surface area (Å²) in [4.78, 5) is 64.6. The Morgan fingerprint density at radius 3 is 2.59 bits per heavy atom. The molecule has 16 heteroatoms. The van der Waals surface area contributed by atoms with Crippen LogP contribution >= 0.6 is 0 Å². The van der Waals surface area contributed by atoms with Gasteiger partial charge in [0.2, 0.25) is 21.8 Å². The summed E-state index contributed by atoms with van der Waals surface area (Å²) in [5.41, 5.74) is -0.0705. The van der Waals surface area contributed by atoms with Gasteiger partial charge in [0.1, 0.15) is 34.7 Å². The number of amides is 4. The van der Waals surface area contributed by atoms with Gasteiger partial charge in [-0.25, -0.2) is 18.2 Å². The average Bonchev–Trinajstić information content (AvgIpc) is 4.06. The van der Waals surface area contributed by atoms with Gasteiger partial charge in [-0.3, -0.25) is 24.0 Å². The number of hydrogen-bond donors (Lipinski definition) is 3. The van der Waals surface area contributed by atoms with Crippen LogP contribution in [0, 0.1) is 11.8 Å². The second-order valence-electron chi connectivity index (χ2n) is 17.9. The monoisotopic (exact) mass is 821 g/mol. The first-order chi connectivity index (χ1) is 27.6. The van der Waals surface area contributed by atoms with Crippen molar-refractivity contribution >= 4 is 44.7 Å². The van der Waals surface area contributed by atoms with Gasteiger partial charge in [-0.05, 0) is 82.4 Å². The molecule has 1 spiro atoms. The fraction of sp³-hybridized carbons (Fsp3) is 0.643. The summed E-state index contributed by atoms with van der Waals surface area (Å²) in [6.45, 7) is 6.58. The summed E-state index contributed by atoms with van der Waals surface area (Å²) < 4.78 is 45.8. The largest absolute Gasteiger partial charge is 0.497 e. The van der Waals surface area contributed by atoms with E-state index in [1.807, 2.05) is 44.2 Å². The molecule has 0 radical (unpaired) electrons. The maximum absolute atomic E-state index is 15.1. The standard InChI is InChI=1S/C42H55N5O10S/c1-25(2)34-35-29(30-18-28(55-4)12-13-31(30)43-34)14-15-41(57-35)20-33-36(48)44-42(38(50)45-58(53,54)40(3)16-17-40)19-27(42)10-8-6-5-7-9-11-32(37(49)47(33)24-41)46(39(51)52)21-26-22-56-23-26/h8,10,12-13,18,25-27,32-33H,5-7,9,11,14-17,19-24H2,1-4H3,(H,44,48)(H,45,50)(H,51,52)/b10-8-/t27-,32+,33+,41-,42-/m1/s1. The van der Waals surface area contributed by atoms with E-state index >= 15 is 4.79 Å². The Morgan fingerprint density at radius 1 is 1.14 bits per heavy atom. The molecule has 6 aliphatic rings. The van der Waals surface area contributed by atoms with E-state index in [1.165, 1.54) is 9.80 Å². The van der Waals surface area contributed by atoms with Gasteiger partial charge in [0.15, 0.2) is 0 Å². The van der Waals surface area contributed by atoms with Crippen molar-refractivity contribution in [1.29, 1.82) is 0 Å². The zero-order chi connectivity index (χ0) is 41.2. The van der Waals surface area contributed by atoms with Crippen LogP contribution < -0.4 is 19.5 Å². The lowest BCUT2D eigenvalue weighted by Gasteiger charge is -2.39. The number of carboxylic acid groups (broad SMARTS) is 1. The summed E-state index contributed by atoms with van der Waals surface area (Å²) in [5, 5.41) is 14.4. The molecule has 314 valence electrons. The summed E-state index contributed by atoms with van der Waals surface area (Å²) in [5.74, 6) is -1.16. The number of hydrogen-bond acceptors (Lipinski definition) is 10. The van der Waals surface area contributed by atoms with Crippen LogP contribution in [0.4, 0.5) is 4.79 Å². The van der Waals surface area contributed by atoms with Crippen LogP contribution in [0.3, 0.4) is 0 Å². The maximum atomic E-state index is 15.1. The van der Waals surface area contributed by atoms with Crippen LogP contribution in [0.1, 0.15) is 102 Å². The molecule has 2 saturated carbocycles. The summed E-state index contributed by atoms with van der Waals surface area (Å²) in [6.07, 6.45) is 7.76. The molecule has 4 fully saturated rings. The zero-order valence-electron chi connectivity index (χ0n) is 33.8. The van der Waals surface area contributed by atoms with Crippen molar-refractivity contribution in [3.8, 4) is 11.5 Å². The molecule has 58 heavy (non-hydrogen) atoms. The van der Waals surface area contributed by atoms with Crippen LogP contribution in [-0.2, 0) is 35.6 Å². The van der Waals surface area contributed by atoms with Crippen molar-refractivity contribution in [3.05, 3.63) is 41.6 Å². The van der Waals surface area contributed by atoms with E-state index in [4.69, 9.17) is 19.2 Å². The first kappa shape index (κ1) is 40.3. The minimum atomic E-state index is -4.01. The molecule has 1 aromatic carbocycles. The van der Waals surface area contributed by atoms with E-state index in [0.29, 0.717) is 63.2 Å². The van der Waals surface area contributed by atoms with Crippen LogP contribution in [0.15, 0.2) is 30.4 Å². The van der Waals surface area contributed by atoms with E-state index in [2.05, 4.69) is 10.0 Å². The van der Waals surface area contributed by atoms with Crippen molar-refractivity contribution in [2.24, 2.45) is 11.8 Å². The molecule has 8 rings (SSSR count). The molecule has 15 nitrogen and oxygen atoms in total. The Hall–Kier alpha value is -4.44. The Balaban J connectivity index is 1.18. The number of nitrogens with one attached hydrogen (secondary N) is 2. The van der Waals surface area contributed by atoms with Gasteiger partial charge in [0.25, 0.3) is 5.91 Å². The van der Waals surface area contributed by atoms with Gasteiger partial charge in [-0.15, -0.1) is 0 Å². The number of carbonyl (C=O) groups excluding carboxylic acids is 3. The maximum Gasteiger partial charge on any atom is 0.407 e. The van der Waals surface area contributed by atoms with Crippen molar-refractivity contribution < 1.29 is 46.9 Å². The molecule has 0 bridgehead atoms. The van der Waals surface area contributed by atoms with Gasteiger partial charge < -0.3 is 29.5 Å². The van der Waals surface area contributed by atoms with E-state index in [-0.39, 0.29) is 44.2 Å². The van der Waals surface area contributed by atoms with E-state index in [9.17, 15) is 27.9 Å². The van der Waals surface area contributed by atoms with Gasteiger partial charge >= 0.3 is 6.09 Å². The third-order valence-corrected chi connectivity index (χ3v) is 15.5. The lowest BCUT2D eigenvalue weighted by Crippen LogP contribution is -2.59. The first-order valence-electron chi connectivity index (χ1n) is 20.7. The second kappa shape index (κ2) is 15.0. The lowest BCUT2D eigenvalue weighted by atomic mass is 9.86. The Morgan fingerprint density at radius 2 is 1.91 bits per heavy atom. The predicted octanol–water partition coefficient (Wildman–Crippen LogP) is 4.42. The minimum absolute atomic E-state index is 0.00278. The molecule has 4 aliphatic heterocycles. The normalized spacial score (nSPS) is 30.1. The van der Waals surface area contributed by atoms with Crippen LogP contribution in [0.2, 0.25) is 0 Å². The molecule has 4 amide bonds. The Kier molecular flexibility index (Phi) is 10.4. The molecule has 2 aromatic rings. The Bertz CT molecular complexity index is 2150. The zero-order valence-corrected chi connectivity index (χ0v) is 34.6. The van der Waals surface area contributed by atoms with E-state index in [0.717, 1.165) is 35.0 Å². The molecular weight excluding hydrogens is 767 g/mol. The molecule has 2 aliphatic carbocycles. The fourth-order valence-electron chi connectivity index (χ4n) is 9.20. The first-order valence-corrected chi connectivity index (χ1v) is 22.2. The highest BCUT2D eigenvalue weighted by Gasteiger charge is 2.64. The summed E-state index contributed by atoms with van der Waals surface area (Å²) in [6, 6.07) is 3.52. The number of ether oxygens (including phenoxy) is 3. The van der Waals surface area contributed by atoms with Crippen molar-refractivity contribution in [2.75, 3.05) is 33.4 Å². The third-order valence-electron chi connectivity index (χ3n) is 13.3. The topological polar surface area (TPSA) is 194 Å². The highest BCUT2D eigenvalue weighted by Crippen LogP contribution is 2.50. The molecule has 3 N–H and O–H groups in total. The number of methoxy groups -OCH3 is 1. The molecule has 2 saturated heterocycles. The van der Waals surface area contributed by atoms with Gasteiger partial charge in [0.05, 0.1) is 42.8 Å². The number of fused-ring (bicyclic) bond motifs is 5. The number of aromatic nitrogens is 1. The second-order valence-corrected chi connectivity index (χ2v) is 20.1. The number of nitrogens with zero attached hydrogens (tertiary/aromatic N) is 3. The smallest absolute Gasteiger partial charge is 0.407 e. The number of pyridine rings is 1. The molecule has 5 heterocycles. The number of allylic oxidation sites excluding steroid dienone is 1. The van der Waals surface area contributed by atoms with E-state index < -0.39 is 67.7 Å². The molecule has 1 aromatic heterocycles. The van der Waals surface area contributed by atoms with E-state index in [1.54, 1.807) is 14.0 Å². The highest BCUT2D eigenvalue weighted by molar-refractivity contribution is 7.91. The van der Waals surface area contributed by atoms with Crippen molar-refractivity contribution in [3.63, 3.8) is 0 Å². The molecule has 5 atom stereocenters.